The number of fused-ring (bicyclic) bond motifs is 1. The zero-order valence-corrected chi connectivity index (χ0v) is 9.81. The zero-order valence-electron chi connectivity index (χ0n) is 9.00. The van der Waals surface area contributed by atoms with Gasteiger partial charge >= 0.3 is 0 Å². The van der Waals surface area contributed by atoms with E-state index in [0.29, 0.717) is 0 Å². The van der Waals surface area contributed by atoms with Gasteiger partial charge in [-0.1, -0.05) is 29.5 Å². The van der Waals surface area contributed by atoms with Crippen LogP contribution < -0.4 is 0 Å². The third kappa shape index (κ3) is 1.86. The van der Waals surface area contributed by atoms with Crippen molar-refractivity contribution in [2.24, 2.45) is 0 Å². The summed E-state index contributed by atoms with van der Waals surface area (Å²) in [5.74, 6) is 0. The second-order valence-electron chi connectivity index (χ2n) is 4.22. The Hall–Kier alpha value is -0.550. The van der Waals surface area contributed by atoms with Crippen molar-refractivity contribution in [1.29, 1.82) is 0 Å². The van der Waals surface area contributed by atoms with Crippen LogP contribution in [0, 0.1) is 6.92 Å². The van der Waals surface area contributed by atoms with Crippen molar-refractivity contribution in [3.05, 3.63) is 29.8 Å². The second-order valence-corrected chi connectivity index (χ2v) is 5.39. The SMILES string of the molecule is Cc1ccc(S[C@@H]2O[C@H](CO)[C@@H]3O[C@@H]32)cc1. The molecule has 0 spiro atoms. The fraction of sp³-hybridized carbons (Fsp3) is 0.500. The third-order valence-corrected chi connectivity index (χ3v) is 4.11. The molecule has 0 unspecified atom stereocenters. The van der Waals surface area contributed by atoms with Crippen LogP contribution in [0.1, 0.15) is 5.56 Å². The number of epoxide rings is 1. The van der Waals surface area contributed by atoms with Gasteiger partial charge in [-0.25, -0.2) is 0 Å². The van der Waals surface area contributed by atoms with Gasteiger partial charge in [0.05, 0.1) is 6.61 Å². The van der Waals surface area contributed by atoms with E-state index < -0.39 is 0 Å². The van der Waals surface area contributed by atoms with Crippen LogP contribution in [0.15, 0.2) is 29.2 Å². The summed E-state index contributed by atoms with van der Waals surface area (Å²) >= 11 is 1.67. The van der Waals surface area contributed by atoms with Crippen molar-refractivity contribution < 1.29 is 14.6 Å². The average molecular weight is 238 g/mol. The molecular formula is C12H14O3S. The first-order chi connectivity index (χ1) is 7.78. The first kappa shape index (κ1) is 10.6. The maximum absolute atomic E-state index is 9.07. The van der Waals surface area contributed by atoms with E-state index >= 15 is 0 Å². The lowest BCUT2D eigenvalue weighted by Gasteiger charge is -2.15. The molecule has 16 heavy (non-hydrogen) atoms. The topological polar surface area (TPSA) is 42.0 Å². The van der Waals surface area contributed by atoms with Crippen LogP contribution in [-0.2, 0) is 9.47 Å². The van der Waals surface area contributed by atoms with Crippen LogP contribution in [0.2, 0.25) is 0 Å². The van der Waals surface area contributed by atoms with E-state index in [-0.39, 0.29) is 30.4 Å². The fourth-order valence-electron chi connectivity index (χ4n) is 1.97. The van der Waals surface area contributed by atoms with E-state index in [1.807, 2.05) is 0 Å². The van der Waals surface area contributed by atoms with Crippen molar-refractivity contribution in [3.8, 4) is 0 Å². The fourth-order valence-corrected chi connectivity index (χ4v) is 3.09. The number of rotatable bonds is 3. The molecule has 2 saturated heterocycles. The molecule has 2 heterocycles. The van der Waals surface area contributed by atoms with Crippen molar-refractivity contribution in [1.82, 2.24) is 0 Å². The number of aliphatic hydroxyl groups is 1. The number of ether oxygens (including phenoxy) is 2. The van der Waals surface area contributed by atoms with Gasteiger partial charge in [0.2, 0.25) is 0 Å². The van der Waals surface area contributed by atoms with E-state index in [1.54, 1.807) is 11.8 Å². The van der Waals surface area contributed by atoms with Gasteiger partial charge in [0.1, 0.15) is 23.7 Å². The molecule has 0 aromatic heterocycles. The summed E-state index contributed by atoms with van der Waals surface area (Å²) in [4.78, 5) is 1.18. The van der Waals surface area contributed by atoms with Crippen LogP contribution in [-0.4, -0.2) is 35.5 Å². The van der Waals surface area contributed by atoms with Crippen molar-refractivity contribution >= 4 is 11.8 Å². The van der Waals surface area contributed by atoms with E-state index in [2.05, 4.69) is 31.2 Å². The molecule has 4 atom stereocenters. The molecule has 3 rings (SSSR count). The van der Waals surface area contributed by atoms with Crippen molar-refractivity contribution in [2.75, 3.05) is 6.61 Å². The standard InChI is InChI=1S/C12H14O3S/c1-7-2-4-8(5-3-7)16-12-11-10(15-11)9(6-13)14-12/h2-5,9-13H,6H2,1H3/t9-,10+,11+,12+/m1/s1. The summed E-state index contributed by atoms with van der Waals surface area (Å²) < 4.78 is 11.2. The Labute approximate surface area is 98.8 Å². The molecular weight excluding hydrogens is 224 g/mol. The average Bonchev–Trinajstić information content (AvgIpc) is 3.01. The predicted octanol–water partition coefficient (Wildman–Crippen LogP) is 1.57. The summed E-state index contributed by atoms with van der Waals surface area (Å²) in [5, 5.41) is 9.07. The lowest BCUT2D eigenvalue weighted by molar-refractivity contribution is -0.0173. The largest absolute Gasteiger partial charge is 0.394 e. The molecule has 0 radical (unpaired) electrons. The number of thioether (sulfide) groups is 1. The lowest BCUT2D eigenvalue weighted by atomic mass is 10.2. The Morgan fingerprint density at radius 1 is 1.19 bits per heavy atom. The molecule has 0 aliphatic carbocycles. The normalized spacial score (nSPS) is 36.1. The van der Waals surface area contributed by atoms with E-state index in [4.69, 9.17) is 14.6 Å². The maximum atomic E-state index is 9.07. The molecule has 86 valence electrons. The van der Waals surface area contributed by atoms with Gasteiger partial charge < -0.3 is 14.6 Å². The van der Waals surface area contributed by atoms with E-state index in [1.165, 1.54) is 10.5 Å². The highest BCUT2D eigenvalue weighted by atomic mass is 32.2. The third-order valence-electron chi connectivity index (χ3n) is 2.96. The Kier molecular flexibility index (Phi) is 2.67. The number of benzene rings is 1. The molecule has 0 bridgehead atoms. The highest BCUT2D eigenvalue weighted by Crippen LogP contribution is 2.45. The maximum Gasteiger partial charge on any atom is 0.137 e. The van der Waals surface area contributed by atoms with Gasteiger partial charge in [0.15, 0.2) is 0 Å². The molecule has 3 nitrogen and oxygen atoms in total. The Balaban J connectivity index is 1.66. The number of aryl methyl sites for hydroxylation is 1. The molecule has 2 fully saturated rings. The van der Waals surface area contributed by atoms with Gasteiger partial charge in [-0.15, -0.1) is 0 Å². The predicted molar refractivity (Wildman–Crippen MR) is 61.4 cm³/mol. The molecule has 2 aliphatic heterocycles. The minimum Gasteiger partial charge on any atom is -0.394 e. The summed E-state index contributed by atoms with van der Waals surface area (Å²) in [7, 11) is 0. The number of aliphatic hydroxyl groups excluding tert-OH is 1. The van der Waals surface area contributed by atoms with Crippen LogP contribution in [0.5, 0.6) is 0 Å². The van der Waals surface area contributed by atoms with E-state index in [9.17, 15) is 0 Å². The summed E-state index contributed by atoms with van der Waals surface area (Å²) in [5.41, 5.74) is 1.29. The highest BCUT2D eigenvalue weighted by Gasteiger charge is 2.58. The molecule has 0 amide bonds. The van der Waals surface area contributed by atoms with Crippen molar-refractivity contribution in [3.63, 3.8) is 0 Å². The van der Waals surface area contributed by atoms with E-state index in [0.717, 1.165) is 0 Å². The van der Waals surface area contributed by atoms with Crippen LogP contribution in [0.4, 0.5) is 0 Å². The summed E-state index contributed by atoms with van der Waals surface area (Å²) in [6.07, 6.45) is 0.157. The quantitative estimate of drug-likeness (QED) is 0.812. The minimum absolute atomic E-state index is 0.0323. The smallest absolute Gasteiger partial charge is 0.137 e. The molecule has 4 heteroatoms. The Bertz CT molecular complexity index is 378. The molecule has 1 aromatic carbocycles. The van der Waals surface area contributed by atoms with Gasteiger partial charge in [0.25, 0.3) is 0 Å². The molecule has 0 saturated carbocycles. The molecule has 1 aromatic rings. The van der Waals surface area contributed by atoms with Crippen LogP contribution in [0.3, 0.4) is 0 Å². The van der Waals surface area contributed by atoms with Gasteiger partial charge in [-0.3, -0.25) is 0 Å². The molecule has 1 N–H and O–H groups in total. The number of hydrogen-bond donors (Lipinski definition) is 1. The van der Waals surface area contributed by atoms with Crippen molar-refractivity contribution in [2.45, 2.75) is 35.6 Å². The van der Waals surface area contributed by atoms with Gasteiger partial charge in [0, 0.05) is 4.90 Å². The highest BCUT2D eigenvalue weighted by molar-refractivity contribution is 7.99. The summed E-state index contributed by atoms with van der Waals surface area (Å²) in [6, 6.07) is 8.36. The minimum atomic E-state index is -0.132. The monoisotopic (exact) mass is 238 g/mol. The van der Waals surface area contributed by atoms with Gasteiger partial charge in [-0.05, 0) is 19.1 Å². The molecule has 2 aliphatic rings. The Morgan fingerprint density at radius 2 is 1.94 bits per heavy atom. The first-order valence-corrected chi connectivity index (χ1v) is 6.31. The lowest BCUT2D eigenvalue weighted by Crippen LogP contribution is -2.21. The second kappa shape index (κ2) is 4.04. The van der Waals surface area contributed by atoms with Gasteiger partial charge in [-0.2, -0.15) is 0 Å². The summed E-state index contributed by atoms with van der Waals surface area (Å²) in [6.45, 7) is 2.12. The van der Waals surface area contributed by atoms with Crippen LogP contribution >= 0.6 is 11.8 Å². The zero-order chi connectivity index (χ0) is 11.1. The Morgan fingerprint density at radius 3 is 2.56 bits per heavy atom. The number of hydrogen-bond acceptors (Lipinski definition) is 4. The van der Waals surface area contributed by atoms with Crippen LogP contribution in [0.25, 0.3) is 0 Å². The first-order valence-electron chi connectivity index (χ1n) is 5.43.